The maximum atomic E-state index is 13.3. The summed E-state index contributed by atoms with van der Waals surface area (Å²) >= 11 is 0. The molecule has 0 aliphatic carbocycles. The molecule has 1 aromatic rings. The van der Waals surface area contributed by atoms with Crippen LogP contribution in [0.3, 0.4) is 0 Å². The zero-order valence-electron chi connectivity index (χ0n) is 10.4. The van der Waals surface area contributed by atoms with Crippen LogP contribution in [0.25, 0.3) is 0 Å². The fourth-order valence-corrected chi connectivity index (χ4v) is 2.11. The van der Waals surface area contributed by atoms with Gasteiger partial charge < -0.3 is 10.1 Å². The molecule has 1 heterocycles. The number of hydrogen-bond acceptors (Lipinski definition) is 2. The maximum absolute atomic E-state index is 13.3. The van der Waals surface area contributed by atoms with Crippen molar-refractivity contribution < 1.29 is 13.5 Å². The molecule has 0 saturated heterocycles. The van der Waals surface area contributed by atoms with Crippen LogP contribution in [0.4, 0.5) is 8.78 Å². The van der Waals surface area contributed by atoms with Crippen molar-refractivity contribution >= 4 is 0 Å². The van der Waals surface area contributed by atoms with Crippen molar-refractivity contribution in [1.82, 2.24) is 5.32 Å². The zero-order chi connectivity index (χ0) is 13.0. The average Bonchev–Trinajstić information content (AvgIpc) is 2.36. The molecular formula is C14H17F2NO. The van der Waals surface area contributed by atoms with Gasteiger partial charge in [-0.15, -0.1) is 0 Å². The van der Waals surface area contributed by atoms with E-state index in [-0.39, 0.29) is 6.04 Å². The third kappa shape index (κ3) is 3.07. The smallest absolute Gasteiger partial charge is 0.126 e. The molecule has 18 heavy (non-hydrogen) atoms. The lowest BCUT2D eigenvalue weighted by Crippen LogP contribution is -2.25. The summed E-state index contributed by atoms with van der Waals surface area (Å²) in [7, 11) is 0. The van der Waals surface area contributed by atoms with Crippen molar-refractivity contribution in [2.24, 2.45) is 0 Å². The van der Waals surface area contributed by atoms with E-state index in [0.29, 0.717) is 18.7 Å². The van der Waals surface area contributed by atoms with E-state index in [9.17, 15) is 8.78 Å². The number of likely N-dealkylation sites (N-methyl/N-ethyl adjacent to an activating group) is 1. The molecule has 98 valence electrons. The van der Waals surface area contributed by atoms with E-state index in [0.717, 1.165) is 24.7 Å². The van der Waals surface area contributed by atoms with Crippen molar-refractivity contribution in [3.05, 3.63) is 47.2 Å². The lowest BCUT2D eigenvalue weighted by atomic mass is 10.0. The molecule has 1 aromatic carbocycles. The molecule has 1 aliphatic heterocycles. The Bertz CT molecular complexity index is 425. The maximum Gasteiger partial charge on any atom is 0.126 e. The first-order valence-electron chi connectivity index (χ1n) is 6.23. The second-order valence-corrected chi connectivity index (χ2v) is 4.29. The molecule has 1 N–H and O–H groups in total. The first-order valence-corrected chi connectivity index (χ1v) is 6.23. The van der Waals surface area contributed by atoms with Crippen LogP contribution in [0.2, 0.25) is 0 Å². The Hall–Kier alpha value is -1.42. The number of nitrogens with one attached hydrogen (secondary N) is 1. The van der Waals surface area contributed by atoms with E-state index in [2.05, 4.69) is 5.32 Å². The lowest BCUT2D eigenvalue weighted by Gasteiger charge is -2.24. The molecule has 0 fully saturated rings. The van der Waals surface area contributed by atoms with Crippen LogP contribution in [0.1, 0.15) is 31.4 Å². The van der Waals surface area contributed by atoms with Gasteiger partial charge in [0.25, 0.3) is 0 Å². The molecule has 2 rings (SSSR count). The number of ether oxygens (including phenoxy) is 1. The highest BCUT2D eigenvalue weighted by molar-refractivity contribution is 5.27. The van der Waals surface area contributed by atoms with Crippen molar-refractivity contribution in [2.75, 3.05) is 13.2 Å². The Kier molecular flexibility index (Phi) is 4.31. The summed E-state index contributed by atoms with van der Waals surface area (Å²) in [6, 6.07) is 3.29. The van der Waals surface area contributed by atoms with Gasteiger partial charge in [0.1, 0.15) is 17.4 Å². The summed E-state index contributed by atoms with van der Waals surface area (Å²) in [6.45, 7) is 3.31. The number of halogens is 2. The van der Waals surface area contributed by atoms with Crippen LogP contribution in [-0.4, -0.2) is 13.2 Å². The Balaban J connectivity index is 2.31. The standard InChI is InChI=1S/C14H17F2NO/c1-2-17-14(13-5-3-4-6-18-13)10-7-11(15)9-12(16)8-10/h5,7-9,14,17H,2-4,6H2,1H3. The van der Waals surface area contributed by atoms with Gasteiger partial charge in [-0.1, -0.05) is 6.92 Å². The molecule has 0 spiro atoms. The molecule has 1 unspecified atom stereocenters. The summed E-state index contributed by atoms with van der Waals surface area (Å²) in [5.74, 6) is -0.373. The predicted molar refractivity (Wildman–Crippen MR) is 66.0 cm³/mol. The van der Waals surface area contributed by atoms with Gasteiger partial charge >= 0.3 is 0 Å². The topological polar surface area (TPSA) is 21.3 Å². The van der Waals surface area contributed by atoms with E-state index >= 15 is 0 Å². The van der Waals surface area contributed by atoms with E-state index in [4.69, 9.17) is 4.74 Å². The third-order valence-electron chi connectivity index (χ3n) is 2.87. The molecule has 0 saturated carbocycles. The first-order chi connectivity index (χ1) is 8.70. The minimum atomic E-state index is -0.565. The van der Waals surface area contributed by atoms with Crippen molar-refractivity contribution in [3.63, 3.8) is 0 Å². The summed E-state index contributed by atoms with van der Waals surface area (Å²) < 4.78 is 32.1. The van der Waals surface area contributed by atoms with Gasteiger partial charge in [0.15, 0.2) is 0 Å². The SMILES string of the molecule is CCNC(C1=CCCCO1)c1cc(F)cc(F)c1. The Morgan fingerprint density at radius 2 is 2.00 bits per heavy atom. The molecule has 4 heteroatoms. The van der Waals surface area contributed by atoms with Gasteiger partial charge in [0.2, 0.25) is 0 Å². The van der Waals surface area contributed by atoms with E-state index < -0.39 is 11.6 Å². The van der Waals surface area contributed by atoms with E-state index in [1.807, 2.05) is 13.0 Å². The van der Waals surface area contributed by atoms with Gasteiger partial charge in [-0.25, -0.2) is 8.78 Å². The van der Waals surface area contributed by atoms with E-state index in [1.165, 1.54) is 12.1 Å². The van der Waals surface area contributed by atoms with Crippen LogP contribution in [-0.2, 0) is 4.74 Å². The zero-order valence-corrected chi connectivity index (χ0v) is 10.4. The molecule has 1 atom stereocenters. The molecule has 0 amide bonds. The lowest BCUT2D eigenvalue weighted by molar-refractivity contribution is 0.168. The molecule has 0 aromatic heterocycles. The first kappa shape index (κ1) is 13.0. The fourth-order valence-electron chi connectivity index (χ4n) is 2.11. The number of allylic oxidation sites excluding steroid dienone is 1. The van der Waals surface area contributed by atoms with E-state index in [1.54, 1.807) is 0 Å². The highest BCUT2D eigenvalue weighted by Gasteiger charge is 2.20. The Morgan fingerprint density at radius 1 is 1.28 bits per heavy atom. The van der Waals surface area contributed by atoms with Crippen molar-refractivity contribution in [1.29, 1.82) is 0 Å². The molecule has 2 nitrogen and oxygen atoms in total. The highest BCUT2D eigenvalue weighted by atomic mass is 19.1. The average molecular weight is 253 g/mol. The quantitative estimate of drug-likeness (QED) is 0.888. The molecular weight excluding hydrogens is 236 g/mol. The molecule has 0 radical (unpaired) electrons. The van der Waals surface area contributed by atoms with Gasteiger partial charge in [-0.2, -0.15) is 0 Å². The normalized spacial score (nSPS) is 16.9. The number of benzene rings is 1. The molecule has 0 bridgehead atoms. The van der Waals surface area contributed by atoms with Crippen molar-refractivity contribution in [2.45, 2.75) is 25.8 Å². The second-order valence-electron chi connectivity index (χ2n) is 4.29. The van der Waals surface area contributed by atoms with Crippen LogP contribution < -0.4 is 5.32 Å². The summed E-state index contributed by atoms with van der Waals surface area (Å²) in [5.41, 5.74) is 0.558. The van der Waals surface area contributed by atoms with Crippen molar-refractivity contribution in [3.8, 4) is 0 Å². The van der Waals surface area contributed by atoms with Gasteiger partial charge in [-0.05, 0) is 43.2 Å². The monoisotopic (exact) mass is 253 g/mol. The number of hydrogen-bond donors (Lipinski definition) is 1. The Labute approximate surface area is 106 Å². The van der Waals surface area contributed by atoms with Crippen LogP contribution in [0, 0.1) is 11.6 Å². The fraction of sp³-hybridized carbons (Fsp3) is 0.429. The summed E-state index contributed by atoms with van der Waals surface area (Å²) in [4.78, 5) is 0. The van der Waals surface area contributed by atoms with Crippen LogP contribution in [0.5, 0.6) is 0 Å². The minimum absolute atomic E-state index is 0.277. The minimum Gasteiger partial charge on any atom is -0.496 e. The number of rotatable bonds is 4. The van der Waals surface area contributed by atoms with Crippen LogP contribution in [0.15, 0.2) is 30.0 Å². The van der Waals surface area contributed by atoms with Gasteiger partial charge in [0, 0.05) is 6.07 Å². The summed E-state index contributed by atoms with van der Waals surface area (Å²) in [6.07, 6.45) is 3.91. The highest BCUT2D eigenvalue weighted by Crippen LogP contribution is 2.27. The predicted octanol–water partition coefficient (Wildman–Crippen LogP) is 3.31. The molecule has 1 aliphatic rings. The third-order valence-corrected chi connectivity index (χ3v) is 2.87. The Morgan fingerprint density at radius 3 is 2.56 bits per heavy atom. The second kappa shape index (κ2) is 5.96. The van der Waals surface area contributed by atoms with Gasteiger partial charge in [-0.3, -0.25) is 0 Å². The largest absolute Gasteiger partial charge is 0.496 e. The summed E-state index contributed by atoms with van der Waals surface area (Å²) in [5, 5.41) is 3.20. The van der Waals surface area contributed by atoms with Crippen LogP contribution >= 0.6 is 0 Å². The van der Waals surface area contributed by atoms with Gasteiger partial charge in [0.05, 0.1) is 12.6 Å².